The summed E-state index contributed by atoms with van der Waals surface area (Å²) in [6.07, 6.45) is 3.82. The molecule has 0 unspecified atom stereocenters. The van der Waals surface area contributed by atoms with Gasteiger partial charge >= 0.3 is 0 Å². The molecule has 6 heavy (non-hydrogen) atoms. The van der Waals surface area contributed by atoms with Crippen LogP contribution in [0, 0.1) is 0 Å². The minimum Gasteiger partial charge on any atom is -0.0866 e. The maximum atomic E-state index is 3.57. The van der Waals surface area contributed by atoms with E-state index >= 15 is 0 Å². The first kappa shape index (κ1) is 5.96. The summed E-state index contributed by atoms with van der Waals surface area (Å²) < 4.78 is 0.921. The summed E-state index contributed by atoms with van der Waals surface area (Å²) in [6, 6.07) is 0. The molecule has 0 aliphatic heterocycles. The highest BCUT2D eigenvalue weighted by Crippen LogP contribution is 1.99. The van der Waals surface area contributed by atoms with Gasteiger partial charge in [0.15, 0.2) is 0 Å². The molecular formula is C5H7Br. The molecule has 0 saturated heterocycles. The molecule has 0 bridgehead atoms. The maximum Gasteiger partial charge on any atom is 0.00996 e. The van der Waals surface area contributed by atoms with Gasteiger partial charge in [-0.05, 0) is 6.92 Å². The zero-order chi connectivity index (χ0) is 4.99. The van der Waals surface area contributed by atoms with Gasteiger partial charge < -0.3 is 0 Å². The van der Waals surface area contributed by atoms with E-state index in [9.17, 15) is 0 Å². The second-order valence-electron chi connectivity index (χ2n) is 0.947. The Kier molecular flexibility index (Phi) is 3.14. The van der Waals surface area contributed by atoms with E-state index in [0.29, 0.717) is 0 Å². The Morgan fingerprint density at radius 3 is 2.33 bits per heavy atom. The number of allylic oxidation sites excluding steroid dienone is 3. The molecule has 0 aliphatic rings. The Labute approximate surface area is 46.7 Å². The van der Waals surface area contributed by atoms with Gasteiger partial charge in [-0.25, -0.2) is 0 Å². The molecule has 0 rings (SSSR count). The molecule has 0 aliphatic carbocycles. The molecule has 0 fully saturated rings. The topological polar surface area (TPSA) is 0 Å². The van der Waals surface area contributed by atoms with E-state index in [4.69, 9.17) is 0 Å². The van der Waals surface area contributed by atoms with Crippen molar-refractivity contribution in [2.45, 2.75) is 6.92 Å². The van der Waals surface area contributed by atoms with Gasteiger partial charge in [0.05, 0.1) is 0 Å². The van der Waals surface area contributed by atoms with Crippen LogP contribution >= 0.6 is 15.9 Å². The minimum absolute atomic E-state index is 0.921. The monoisotopic (exact) mass is 146 g/mol. The van der Waals surface area contributed by atoms with Crippen molar-refractivity contribution in [1.29, 1.82) is 0 Å². The predicted molar refractivity (Wildman–Crippen MR) is 32.9 cm³/mol. The van der Waals surface area contributed by atoms with Gasteiger partial charge in [0.1, 0.15) is 0 Å². The van der Waals surface area contributed by atoms with Crippen molar-refractivity contribution in [1.82, 2.24) is 0 Å². The molecule has 0 spiro atoms. The Hall–Kier alpha value is -0.0400. The van der Waals surface area contributed by atoms with Gasteiger partial charge in [0, 0.05) is 4.48 Å². The van der Waals surface area contributed by atoms with Gasteiger partial charge in [-0.1, -0.05) is 34.7 Å². The van der Waals surface area contributed by atoms with Crippen molar-refractivity contribution in [3.63, 3.8) is 0 Å². The van der Waals surface area contributed by atoms with E-state index in [-0.39, 0.29) is 0 Å². The average Bonchev–Trinajstić information content (AvgIpc) is 1.35. The average molecular weight is 147 g/mol. The highest BCUT2D eigenvalue weighted by molar-refractivity contribution is 9.11. The Bertz CT molecular complexity index is 72.0. The summed E-state index contributed by atoms with van der Waals surface area (Å²) in [4.78, 5) is 0. The molecule has 1 heteroatoms. The molecule has 0 heterocycles. The smallest absolute Gasteiger partial charge is 0.00996 e. The summed E-state index contributed by atoms with van der Waals surface area (Å²) in [5.41, 5.74) is 0. The molecular weight excluding hydrogens is 140 g/mol. The molecule has 0 N–H and O–H groups in total. The van der Waals surface area contributed by atoms with Gasteiger partial charge in [-0.3, -0.25) is 0 Å². The van der Waals surface area contributed by atoms with Crippen molar-refractivity contribution in [3.05, 3.63) is 23.2 Å². The Balaban J connectivity index is 3.30. The SMILES string of the molecule is C=C(Br)C=CC. The summed E-state index contributed by atoms with van der Waals surface area (Å²) in [5, 5.41) is 0. The van der Waals surface area contributed by atoms with Crippen LogP contribution in [0.1, 0.15) is 6.92 Å². The van der Waals surface area contributed by atoms with E-state index in [1.165, 1.54) is 0 Å². The fourth-order valence-electron chi connectivity index (χ4n) is 0.181. The fraction of sp³-hybridized carbons (Fsp3) is 0.200. The van der Waals surface area contributed by atoms with Crippen LogP contribution in [0.2, 0.25) is 0 Å². The Morgan fingerprint density at radius 1 is 1.83 bits per heavy atom. The second-order valence-corrected chi connectivity index (χ2v) is 1.97. The summed E-state index contributed by atoms with van der Waals surface area (Å²) in [7, 11) is 0. The molecule has 0 atom stereocenters. The van der Waals surface area contributed by atoms with Crippen LogP contribution in [0.5, 0.6) is 0 Å². The zero-order valence-corrected chi connectivity index (χ0v) is 5.33. The lowest BCUT2D eigenvalue weighted by atomic mass is 10.5. The molecule has 0 aromatic heterocycles. The van der Waals surface area contributed by atoms with Crippen LogP contribution in [0.15, 0.2) is 23.2 Å². The van der Waals surface area contributed by atoms with Gasteiger partial charge in [0.2, 0.25) is 0 Å². The lowest BCUT2D eigenvalue weighted by Crippen LogP contribution is -1.47. The molecule has 0 nitrogen and oxygen atoms in total. The summed E-state index contributed by atoms with van der Waals surface area (Å²) >= 11 is 3.15. The largest absolute Gasteiger partial charge is 0.0866 e. The van der Waals surface area contributed by atoms with Gasteiger partial charge in [-0.2, -0.15) is 0 Å². The van der Waals surface area contributed by atoms with Crippen molar-refractivity contribution in [2.24, 2.45) is 0 Å². The molecule has 0 radical (unpaired) electrons. The van der Waals surface area contributed by atoms with Crippen LogP contribution in [-0.2, 0) is 0 Å². The molecule has 34 valence electrons. The zero-order valence-electron chi connectivity index (χ0n) is 3.74. The van der Waals surface area contributed by atoms with E-state index in [1.54, 1.807) is 0 Å². The molecule has 0 amide bonds. The summed E-state index contributed by atoms with van der Waals surface area (Å²) in [5.74, 6) is 0. The molecule has 0 saturated carbocycles. The highest BCUT2D eigenvalue weighted by Gasteiger charge is 1.66. The van der Waals surface area contributed by atoms with Crippen molar-refractivity contribution >= 4 is 15.9 Å². The third-order valence-corrected chi connectivity index (χ3v) is 0.612. The second kappa shape index (κ2) is 3.16. The van der Waals surface area contributed by atoms with E-state index < -0.39 is 0 Å². The van der Waals surface area contributed by atoms with Gasteiger partial charge in [0.25, 0.3) is 0 Å². The number of hydrogen-bond donors (Lipinski definition) is 0. The van der Waals surface area contributed by atoms with Crippen LogP contribution in [0.3, 0.4) is 0 Å². The van der Waals surface area contributed by atoms with Crippen molar-refractivity contribution in [2.75, 3.05) is 0 Å². The lowest BCUT2D eigenvalue weighted by Gasteiger charge is -1.73. The van der Waals surface area contributed by atoms with Crippen LogP contribution in [-0.4, -0.2) is 0 Å². The third kappa shape index (κ3) is 3.96. The maximum absolute atomic E-state index is 3.57. The number of rotatable bonds is 1. The minimum atomic E-state index is 0.921. The highest BCUT2D eigenvalue weighted by atomic mass is 79.9. The van der Waals surface area contributed by atoms with Crippen LogP contribution in [0.25, 0.3) is 0 Å². The van der Waals surface area contributed by atoms with E-state index in [0.717, 1.165) is 4.48 Å². The fourth-order valence-corrected chi connectivity index (χ4v) is 0.445. The third-order valence-electron chi connectivity index (χ3n) is 0.348. The molecule has 0 aromatic rings. The first-order valence-electron chi connectivity index (χ1n) is 1.74. The quantitative estimate of drug-likeness (QED) is 0.499. The van der Waals surface area contributed by atoms with Gasteiger partial charge in [-0.15, -0.1) is 0 Å². The predicted octanol–water partition coefficient (Wildman–Crippen LogP) is 2.47. The lowest BCUT2D eigenvalue weighted by molar-refractivity contribution is 1.73. The standard InChI is InChI=1S/C5H7Br/c1-3-4-5(2)6/h3-4H,2H2,1H3. The normalized spacial score (nSPS) is 9.67. The Morgan fingerprint density at radius 2 is 2.33 bits per heavy atom. The first-order valence-corrected chi connectivity index (χ1v) is 2.53. The van der Waals surface area contributed by atoms with E-state index in [1.807, 2.05) is 19.1 Å². The molecule has 0 aromatic carbocycles. The number of halogens is 1. The number of hydrogen-bond acceptors (Lipinski definition) is 0. The van der Waals surface area contributed by atoms with Crippen LogP contribution < -0.4 is 0 Å². The van der Waals surface area contributed by atoms with Crippen molar-refractivity contribution < 1.29 is 0 Å². The van der Waals surface area contributed by atoms with E-state index in [2.05, 4.69) is 22.5 Å². The van der Waals surface area contributed by atoms with Crippen LogP contribution in [0.4, 0.5) is 0 Å². The summed E-state index contributed by atoms with van der Waals surface area (Å²) in [6.45, 7) is 5.53. The van der Waals surface area contributed by atoms with Crippen molar-refractivity contribution in [3.8, 4) is 0 Å². The first-order chi connectivity index (χ1) is 2.77.